The number of carbonyl (C=O) groups excluding carboxylic acids is 1. The van der Waals surface area contributed by atoms with Crippen molar-refractivity contribution in [2.24, 2.45) is 0 Å². The summed E-state index contributed by atoms with van der Waals surface area (Å²) < 4.78 is 12.9. The van der Waals surface area contributed by atoms with Gasteiger partial charge in [-0.2, -0.15) is 0 Å². The van der Waals surface area contributed by atoms with Gasteiger partial charge in [-0.15, -0.1) is 0 Å². The molecule has 0 aliphatic carbocycles. The molecule has 0 unspecified atom stereocenters. The van der Waals surface area contributed by atoms with Gasteiger partial charge in [-0.25, -0.2) is 9.24 Å². The second-order valence-electron chi connectivity index (χ2n) is 2.35. The summed E-state index contributed by atoms with van der Waals surface area (Å²) in [5, 5.41) is 0.0297. The lowest BCUT2D eigenvalue weighted by atomic mass is 10.1. The van der Waals surface area contributed by atoms with Gasteiger partial charge in [0, 0.05) is 6.42 Å². The largest absolute Gasteiger partial charge is 0.303 e. The summed E-state index contributed by atoms with van der Waals surface area (Å²) in [6.45, 7) is 6.67. The van der Waals surface area contributed by atoms with Crippen LogP contribution in [0.3, 0.4) is 0 Å². The maximum absolute atomic E-state index is 12.9. The van der Waals surface area contributed by atoms with Crippen molar-refractivity contribution in [1.82, 2.24) is 0 Å². The molecule has 0 saturated heterocycles. The molecule has 0 N–H and O–H groups in total. The van der Waals surface area contributed by atoms with E-state index in [0.717, 1.165) is 6.07 Å². The lowest BCUT2D eigenvalue weighted by Crippen LogP contribution is -1.88. The van der Waals surface area contributed by atoms with E-state index in [0.29, 0.717) is 11.8 Å². The fraction of sp³-hybridized carbons (Fsp3) is 0.111. The second-order valence-corrected chi connectivity index (χ2v) is 2.73. The van der Waals surface area contributed by atoms with E-state index in [2.05, 4.69) is 4.85 Å². The van der Waals surface area contributed by atoms with Gasteiger partial charge >= 0.3 is 0 Å². The first kappa shape index (κ1) is 9.69. The Bertz CT molecular complexity index is 384. The molecule has 0 saturated carbocycles. The molecule has 1 aromatic rings. The molecular weight excluding hydrogens is 193 g/mol. The number of halogens is 2. The van der Waals surface area contributed by atoms with Crippen LogP contribution in [0, 0.1) is 12.4 Å². The highest BCUT2D eigenvalue weighted by Gasteiger charge is 2.10. The van der Waals surface area contributed by atoms with Crippen LogP contribution in [0.25, 0.3) is 4.85 Å². The van der Waals surface area contributed by atoms with E-state index in [9.17, 15) is 9.18 Å². The molecule has 1 aromatic carbocycles. The zero-order valence-electron chi connectivity index (χ0n) is 6.55. The first-order chi connectivity index (χ1) is 6.20. The minimum absolute atomic E-state index is 0.0297. The fourth-order valence-corrected chi connectivity index (χ4v) is 1.21. The minimum atomic E-state index is -0.658. The molecule has 0 spiro atoms. The molecule has 66 valence electrons. The van der Waals surface area contributed by atoms with Gasteiger partial charge in [0.05, 0.1) is 11.6 Å². The van der Waals surface area contributed by atoms with Crippen LogP contribution in [0.1, 0.15) is 5.56 Å². The molecule has 4 heteroatoms. The molecule has 0 aliphatic heterocycles. The van der Waals surface area contributed by atoms with E-state index in [1.54, 1.807) is 0 Å². The SMILES string of the molecule is [C-]#[N+]c1c(F)ccc(CC=O)c1Cl. The Morgan fingerprint density at radius 2 is 2.31 bits per heavy atom. The summed E-state index contributed by atoms with van der Waals surface area (Å²) in [4.78, 5) is 13.1. The highest BCUT2D eigenvalue weighted by atomic mass is 35.5. The van der Waals surface area contributed by atoms with E-state index < -0.39 is 5.82 Å². The number of aldehydes is 1. The molecule has 0 aromatic heterocycles. The molecule has 13 heavy (non-hydrogen) atoms. The molecule has 0 atom stereocenters. The van der Waals surface area contributed by atoms with Gasteiger partial charge in [-0.1, -0.05) is 17.7 Å². The Hall–Kier alpha value is -1.40. The summed E-state index contributed by atoms with van der Waals surface area (Å²) >= 11 is 5.68. The number of hydrogen-bond donors (Lipinski definition) is 0. The molecule has 1 rings (SSSR count). The summed E-state index contributed by atoms with van der Waals surface area (Å²) in [7, 11) is 0. The maximum atomic E-state index is 12.9. The van der Waals surface area contributed by atoms with Crippen molar-refractivity contribution >= 4 is 23.6 Å². The van der Waals surface area contributed by atoms with E-state index in [4.69, 9.17) is 18.2 Å². The van der Waals surface area contributed by atoms with Gasteiger partial charge in [0.1, 0.15) is 12.1 Å². The maximum Gasteiger partial charge on any atom is 0.240 e. The topological polar surface area (TPSA) is 21.4 Å². The average molecular weight is 198 g/mol. The zero-order chi connectivity index (χ0) is 9.84. The van der Waals surface area contributed by atoms with Gasteiger partial charge in [-0.3, -0.25) is 0 Å². The van der Waals surface area contributed by atoms with Gasteiger partial charge in [0.15, 0.2) is 0 Å². The lowest BCUT2D eigenvalue weighted by Gasteiger charge is -2.02. The average Bonchev–Trinajstić information content (AvgIpc) is 2.11. The van der Waals surface area contributed by atoms with Crippen LogP contribution in [0.4, 0.5) is 10.1 Å². The lowest BCUT2D eigenvalue weighted by molar-refractivity contribution is -0.107. The summed E-state index contributed by atoms with van der Waals surface area (Å²) in [6, 6.07) is 2.54. The molecule has 0 bridgehead atoms. The van der Waals surface area contributed by atoms with Crippen molar-refractivity contribution in [2.45, 2.75) is 6.42 Å². The molecule has 0 heterocycles. The summed E-state index contributed by atoms with van der Waals surface area (Å²) in [5.41, 5.74) is 0.255. The van der Waals surface area contributed by atoms with Crippen molar-refractivity contribution in [3.05, 3.63) is 40.0 Å². The number of benzene rings is 1. The van der Waals surface area contributed by atoms with Crippen LogP contribution in [0.15, 0.2) is 12.1 Å². The van der Waals surface area contributed by atoms with Crippen LogP contribution in [0.2, 0.25) is 5.02 Å². The molecule has 0 amide bonds. The number of carbonyl (C=O) groups is 1. The van der Waals surface area contributed by atoms with Crippen LogP contribution in [0.5, 0.6) is 0 Å². The third-order valence-corrected chi connectivity index (χ3v) is 1.98. The monoisotopic (exact) mass is 197 g/mol. The van der Waals surface area contributed by atoms with Crippen LogP contribution < -0.4 is 0 Å². The number of hydrogen-bond acceptors (Lipinski definition) is 1. The summed E-state index contributed by atoms with van der Waals surface area (Å²) in [5.74, 6) is -0.658. The van der Waals surface area contributed by atoms with Crippen molar-refractivity contribution in [3.8, 4) is 0 Å². The van der Waals surface area contributed by atoms with E-state index in [-0.39, 0.29) is 17.1 Å². The standard InChI is InChI=1S/C9H5ClFNO/c1-12-9-7(11)3-2-6(4-5-13)8(9)10/h2-3,5H,4H2. The van der Waals surface area contributed by atoms with E-state index in [1.807, 2.05) is 0 Å². The Morgan fingerprint density at radius 3 is 2.85 bits per heavy atom. The highest BCUT2D eigenvalue weighted by Crippen LogP contribution is 2.31. The Morgan fingerprint density at radius 1 is 1.62 bits per heavy atom. The molecule has 0 radical (unpaired) electrons. The van der Waals surface area contributed by atoms with Gasteiger partial charge in [0.2, 0.25) is 5.69 Å². The first-order valence-corrected chi connectivity index (χ1v) is 3.86. The Kier molecular flexibility index (Phi) is 2.99. The molecule has 0 aliphatic rings. The molecule has 2 nitrogen and oxygen atoms in total. The van der Waals surface area contributed by atoms with Crippen molar-refractivity contribution < 1.29 is 9.18 Å². The second kappa shape index (κ2) is 4.01. The summed E-state index contributed by atoms with van der Waals surface area (Å²) in [6.07, 6.45) is 0.758. The van der Waals surface area contributed by atoms with Gasteiger partial charge in [-0.05, 0) is 11.6 Å². The number of rotatable bonds is 2. The van der Waals surface area contributed by atoms with E-state index >= 15 is 0 Å². The van der Waals surface area contributed by atoms with Crippen LogP contribution >= 0.6 is 11.6 Å². The first-order valence-electron chi connectivity index (χ1n) is 3.48. The molecule has 0 fully saturated rings. The van der Waals surface area contributed by atoms with Crippen molar-refractivity contribution in [3.63, 3.8) is 0 Å². The van der Waals surface area contributed by atoms with Crippen LogP contribution in [-0.2, 0) is 11.2 Å². The van der Waals surface area contributed by atoms with Gasteiger partial charge < -0.3 is 4.79 Å². The molecular formula is C9H5ClFNO. The van der Waals surface area contributed by atoms with E-state index in [1.165, 1.54) is 6.07 Å². The fourth-order valence-electron chi connectivity index (χ4n) is 0.933. The normalized spacial score (nSPS) is 9.31. The highest BCUT2D eigenvalue weighted by molar-refractivity contribution is 6.34. The predicted molar refractivity (Wildman–Crippen MR) is 47.4 cm³/mol. The quantitative estimate of drug-likeness (QED) is 0.528. The minimum Gasteiger partial charge on any atom is -0.303 e. The predicted octanol–water partition coefficient (Wildman–Crippen LogP) is 2.77. The van der Waals surface area contributed by atoms with Crippen molar-refractivity contribution in [1.29, 1.82) is 0 Å². The zero-order valence-corrected chi connectivity index (χ0v) is 7.31. The Labute approximate surface area is 79.8 Å². The smallest absolute Gasteiger partial charge is 0.240 e. The Balaban J connectivity index is 3.29. The van der Waals surface area contributed by atoms with Crippen LogP contribution in [-0.4, -0.2) is 6.29 Å². The van der Waals surface area contributed by atoms with Crippen molar-refractivity contribution in [2.75, 3.05) is 0 Å². The number of nitrogens with zero attached hydrogens (tertiary/aromatic N) is 1. The third-order valence-electron chi connectivity index (χ3n) is 1.56. The van der Waals surface area contributed by atoms with Gasteiger partial charge in [0.25, 0.3) is 0 Å². The third kappa shape index (κ3) is 1.85.